The van der Waals surface area contributed by atoms with Gasteiger partial charge in [-0.1, -0.05) is 5.92 Å². The van der Waals surface area contributed by atoms with Crippen molar-refractivity contribution in [2.75, 3.05) is 45.9 Å². The average molecular weight is 182 g/mol. The monoisotopic (exact) mass is 182 g/mol. The second kappa shape index (κ2) is 6.90. The number of nitrogens with one attached hydrogen (secondary N) is 1. The highest BCUT2D eigenvalue weighted by atomic mass is 16.5. The fourth-order valence-electron chi connectivity index (χ4n) is 1.42. The molecule has 0 atom stereocenters. The summed E-state index contributed by atoms with van der Waals surface area (Å²) in [7, 11) is 0. The number of hydrogen-bond donors (Lipinski definition) is 1. The van der Waals surface area contributed by atoms with Crippen LogP contribution in [-0.4, -0.2) is 50.8 Å². The quantitative estimate of drug-likeness (QED) is 0.486. The van der Waals surface area contributed by atoms with Crippen LogP contribution in [0, 0.1) is 12.3 Å². The van der Waals surface area contributed by atoms with E-state index in [1.54, 1.807) is 0 Å². The zero-order valence-corrected chi connectivity index (χ0v) is 8.09. The molecule has 1 saturated heterocycles. The predicted octanol–water partition coefficient (Wildman–Crippen LogP) is -0.0685. The first-order valence-corrected chi connectivity index (χ1v) is 4.88. The minimum absolute atomic E-state index is 0.671. The molecular weight excluding hydrogens is 164 g/mol. The molecule has 3 heteroatoms. The van der Waals surface area contributed by atoms with E-state index in [2.05, 4.69) is 16.1 Å². The SMILES string of the molecule is C#CCNCCN1CCCOCC1. The molecule has 0 aromatic rings. The molecule has 1 aliphatic heterocycles. The topological polar surface area (TPSA) is 24.5 Å². The summed E-state index contributed by atoms with van der Waals surface area (Å²) in [6, 6.07) is 0. The van der Waals surface area contributed by atoms with Crippen molar-refractivity contribution in [3.63, 3.8) is 0 Å². The molecule has 0 aromatic heterocycles. The minimum atomic E-state index is 0.671. The smallest absolute Gasteiger partial charge is 0.0593 e. The summed E-state index contributed by atoms with van der Waals surface area (Å²) in [5, 5.41) is 3.18. The fourth-order valence-corrected chi connectivity index (χ4v) is 1.42. The summed E-state index contributed by atoms with van der Waals surface area (Å²) >= 11 is 0. The van der Waals surface area contributed by atoms with Crippen molar-refractivity contribution >= 4 is 0 Å². The van der Waals surface area contributed by atoms with Crippen molar-refractivity contribution in [2.24, 2.45) is 0 Å². The molecule has 0 saturated carbocycles. The number of ether oxygens (including phenoxy) is 1. The Kier molecular flexibility index (Phi) is 5.59. The molecule has 3 nitrogen and oxygen atoms in total. The molecule has 1 heterocycles. The maximum absolute atomic E-state index is 5.36. The van der Waals surface area contributed by atoms with Crippen LogP contribution in [0.5, 0.6) is 0 Å². The highest BCUT2D eigenvalue weighted by molar-refractivity contribution is 4.86. The lowest BCUT2D eigenvalue weighted by Crippen LogP contribution is -2.33. The normalized spacial score (nSPS) is 19.3. The number of terminal acetylenes is 1. The molecule has 1 N–H and O–H groups in total. The standard InChI is InChI=1S/C10H18N2O/c1-2-4-11-5-7-12-6-3-9-13-10-8-12/h1,11H,3-10H2. The van der Waals surface area contributed by atoms with E-state index in [1.165, 1.54) is 0 Å². The molecule has 0 radical (unpaired) electrons. The molecule has 13 heavy (non-hydrogen) atoms. The van der Waals surface area contributed by atoms with Gasteiger partial charge in [0.1, 0.15) is 0 Å². The third-order valence-corrected chi connectivity index (χ3v) is 2.15. The van der Waals surface area contributed by atoms with Crippen LogP contribution >= 0.6 is 0 Å². The Morgan fingerprint density at radius 3 is 3.15 bits per heavy atom. The molecule has 1 fully saturated rings. The van der Waals surface area contributed by atoms with Gasteiger partial charge in [0.25, 0.3) is 0 Å². The number of hydrogen-bond acceptors (Lipinski definition) is 3. The molecule has 1 aliphatic rings. The largest absolute Gasteiger partial charge is 0.380 e. The van der Waals surface area contributed by atoms with Gasteiger partial charge in [-0.2, -0.15) is 0 Å². The van der Waals surface area contributed by atoms with Gasteiger partial charge in [0.15, 0.2) is 0 Å². The molecule has 0 aromatic carbocycles. The first-order valence-electron chi connectivity index (χ1n) is 4.88. The van der Waals surface area contributed by atoms with Crippen LogP contribution in [0.25, 0.3) is 0 Å². The van der Waals surface area contributed by atoms with Crippen LogP contribution in [0.2, 0.25) is 0 Å². The Hall–Kier alpha value is -0.560. The summed E-state index contributed by atoms with van der Waals surface area (Å²) in [6.45, 7) is 6.71. The second-order valence-electron chi connectivity index (χ2n) is 3.19. The molecule has 1 rings (SSSR count). The maximum Gasteiger partial charge on any atom is 0.0593 e. The van der Waals surface area contributed by atoms with E-state index >= 15 is 0 Å². The number of nitrogens with zero attached hydrogens (tertiary/aromatic N) is 1. The molecule has 0 spiro atoms. The maximum atomic E-state index is 5.36. The second-order valence-corrected chi connectivity index (χ2v) is 3.19. The molecule has 0 aliphatic carbocycles. The summed E-state index contributed by atoms with van der Waals surface area (Å²) in [4.78, 5) is 2.41. The van der Waals surface area contributed by atoms with Gasteiger partial charge in [-0.05, 0) is 6.42 Å². The van der Waals surface area contributed by atoms with Gasteiger partial charge < -0.3 is 10.1 Å². The summed E-state index contributed by atoms with van der Waals surface area (Å²) < 4.78 is 5.36. The van der Waals surface area contributed by atoms with Crippen LogP contribution in [-0.2, 0) is 4.74 Å². The van der Waals surface area contributed by atoms with Gasteiger partial charge in [-0.3, -0.25) is 4.90 Å². The molecule has 0 unspecified atom stereocenters. The zero-order chi connectivity index (χ0) is 9.36. The highest BCUT2D eigenvalue weighted by Crippen LogP contribution is 1.97. The summed E-state index contributed by atoms with van der Waals surface area (Å²) in [5.41, 5.74) is 0. The Morgan fingerprint density at radius 2 is 2.31 bits per heavy atom. The molecule has 74 valence electrons. The third-order valence-electron chi connectivity index (χ3n) is 2.15. The van der Waals surface area contributed by atoms with Crippen molar-refractivity contribution in [3.8, 4) is 12.3 Å². The van der Waals surface area contributed by atoms with Crippen molar-refractivity contribution in [3.05, 3.63) is 0 Å². The van der Waals surface area contributed by atoms with Crippen molar-refractivity contribution in [2.45, 2.75) is 6.42 Å². The van der Waals surface area contributed by atoms with Crippen molar-refractivity contribution in [1.29, 1.82) is 0 Å². The average Bonchev–Trinajstić information content (AvgIpc) is 2.41. The van der Waals surface area contributed by atoms with Gasteiger partial charge in [-0.25, -0.2) is 0 Å². The summed E-state index contributed by atoms with van der Waals surface area (Å²) in [5.74, 6) is 2.56. The Balaban J connectivity index is 2.02. The van der Waals surface area contributed by atoms with Crippen molar-refractivity contribution < 1.29 is 4.74 Å². The zero-order valence-electron chi connectivity index (χ0n) is 8.09. The van der Waals surface area contributed by atoms with E-state index < -0.39 is 0 Å². The first kappa shape index (κ1) is 10.5. The molecule has 0 bridgehead atoms. The lowest BCUT2D eigenvalue weighted by Gasteiger charge is -2.18. The third kappa shape index (κ3) is 4.89. The predicted molar refractivity (Wildman–Crippen MR) is 53.6 cm³/mol. The van der Waals surface area contributed by atoms with E-state index in [1.807, 2.05) is 0 Å². The van der Waals surface area contributed by atoms with E-state index in [4.69, 9.17) is 11.2 Å². The fraction of sp³-hybridized carbons (Fsp3) is 0.800. The molecule has 0 amide bonds. The van der Waals surface area contributed by atoms with E-state index in [0.717, 1.165) is 45.8 Å². The highest BCUT2D eigenvalue weighted by Gasteiger charge is 2.07. The van der Waals surface area contributed by atoms with Crippen LogP contribution in [0.15, 0.2) is 0 Å². The van der Waals surface area contributed by atoms with Gasteiger partial charge >= 0.3 is 0 Å². The van der Waals surface area contributed by atoms with Gasteiger partial charge in [0, 0.05) is 32.8 Å². The van der Waals surface area contributed by atoms with E-state index in [9.17, 15) is 0 Å². The Labute approximate surface area is 80.4 Å². The van der Waals surface area contributed by atoms with Gasteiger partial charge in [0.2, 0.25) is 0 Å². The van der Waals surface area contributed by atoms with Crippen LogP contribution in [0.3, 0.4) is 0 Å². The minimum Gasteiger partial charge on any atom is -0.380 e. The van der Waals surface area contributed by atoms with Crippen LogP contribution in [0.4, 0.5) is 0 Å². The van der Waals surface area contributed by atoms with Crippen LogP contribution in [0.1, 0.15) is 6.42 Å². The Morgan fingerprint density at radius 1 is 1.38 bits per heavy atom. The van der Waals surface area contributed by atoms with E-state index in [-0.39, 0.29) is 0 Å². The Bertz CT molecular complexity index is 157. The van der Waals surface area contributed by atoms with Gasteiger partial charge in [-0.15, -0.1) is 6.42 Å². The number of rotatable bonds is 4. The van der Waals surface area contributed by atoms with Crippen LogP contribution < -0.4 is 5.32 Å². The molecular formula is C10H18N2O. The van der Waals surface area contributed by atoms with Crippen molar-refractivity contribution in [1.82, 2.24) is 10.2 Å². The summed E-state index contributed by atoms with van der Waals surface area (Å²) in [6.07, 6.45) is 6.27. The lowest BCUT2D eigenvalue weighted by atomic mass is 10.4. The first-order chi connectivity index (χ1) is 6.43. The lowest BCUT2D eigenvalue weighted by molar-refractivity contribution is 0.141. The van der Waals surface area contributed by atoms with Gasteiger partial charge in [0.05, 0.1) is 13.2 Å². The van der Waals surface area contributed by atoms with E-state index in [0.29, 0.717) is 6.54 Å².